The summed E-state index contributed by atoms with van der Waals surface area (Å²) in [5.41, 5.74) is 0.710. The molecule has 1 aliphatic heterocycles. The van der Waals surface area contributed by atoms with Crippen molar-refractivity contribution in [3.63, 3.8) is 0 Å². The minimum absolute atomic E-state index is 0.160. The van der Waals surface area contributed by atoms with Crippen LogP contribution in [0.25, 0.3) is 0 Å². The average molecular weight is 283 g/mol. The summed E-state index contributed by atoms with van der Waals surface area (Å²) < 4.78 is 15.3. The van der Waals surface area contributed by atoms with E-state index < -0.39 is 6.10 Å². The summed E-state index contributed by atoms with van der Waals surface area (Å²) in [6.07, 6.45) is -0.490. The first-order chi connectivity index (χ1) is 9.26. The van der Waals surface area contributed by atoms with Crippen LogP contribution in [0.1, 0.15) is 23.4 Å². The molecule has 6 nitrogen and oxygen atoms in total. The number of nitrogens with zero attached hydrogens (tertiary/aromatic N) is 2. The lowest BCUT2D eigenvalue weighted by atomic mass is 10.1. The van der Waals surface area contributed by atoms with E-state index in [1.807, 2.05) is 0 Å². The second-order valence-corrected chi connectivity index (χ2v) is 4.34. The van der Waals surface area contributed by atoms with Crippen molar-refractivity contribution in [2.24, 2.45) is 0 Å². The largest absolute Gasteiger partial charge is 0.454 e. The predicted molar refractivity (Wildman–Crippen MR) is 65.1 cm³/mol. The van der Waals surface area contributed by atoms with E-state index in [1.165, 1.54) is 0 Å². The summed E-state index contributed by atoms with van der Waals surface area (Å²) in [6.45, 7) is 0.207. The third-order valence-electron chi connectivity index (χ3n) is 2.78. The maximum absolute atomic E-state index is 10.1. The molecule has 0 radical (unpaired) electrons. The number of ether oxygens (including phenoxy) is 2. The molecule has 1 aromatic carbocycles. The second-order valence-electron chi connectivity index (χ2n) is 4.07. The molecule has 1 N–H and O–H groups in total. The number of hydrogen-bond donors (Lipinski definition) is 1. The van der Waals surface area contributed by atoms with Crippen molar-refractivity contribution in [1.29, 1.82) is 0 Å². The predicted octanol–water partition coefficient (Wildman–Crippen LogP) is 1.81. The molecule has 0 unspecified atom stereocenters. The lowest BCUT2D eigenvalue weighted by Crippen LogP contribution is -2.03. The quantitative estimate of drug-likeness (QED) is 0.862. The Morgan fingerprint density at radius 2 is 2.16 bits per heavy atom. The Morgan fingerprint density at radius 3 is 2.95 bits per heavy atom. The number of rotatable bonds is 4. The van der Waals surface area contributed by atoms with Gasteiger partial charge in [0.05, 0.1) is 6.10 Å². The zero-order valence-electron chi connectivity index (χ0n) is 9.88. The SMILES string of the molecule is O[C@@H](Cc1noc(CCl)n1)c1ccc2c(c1)OCO2. The van der Waals surface area contributed by atoms with Gasteiger partial charge in [0.2, 0.25) is 12.7 Å². The molecule has 0 amide bonds. The molecule has 7 heteroatoms. The minimum Gasteiger partial charge on any atom is -0.454 e. The summed E-state index contributed by atoms with van der Waals surface area (Å²) in [4.78, 5) is 4.04. The lowest BCUT2D eigenvalue weighted by molar-refractivity contribution is 0.170. The van der Waals surface area contributed by atoms with Gasteiger partial charge >= 0.3 is 0 Å². The third-order valence-corrected chi connectivity index (χ3v) is 3.01. The molecule has 2 heterocycles. The second kappa shape index (κ2) is 5.07. The van der Waals surface area contributed by atoms with Gasteiger partial charge in [0.25, 0.3) is 0 Å². The van der Waals surface area contributed by atoms with Gasteiger partial charge in [-0.25, -0.2) is 0 Å². The minimum atomic E-state index is -0.740. The van der Waals surface area contributed by atoms with Gasteiger partial charge in [0, 0.05) is 6.42 Å². The molecule has 100 valence electrons. The zero-order valence-corrected chi connectivity index (χ0v) is 10.6. The summed E-state index contributed by atoms with van der Waals surface area (Å²) in [6, 6.07) is 5.29. The number of aromatic nitrogens is 2. The molecule has 0 spiro atoms. The summed E-state index contributed by atoms with van der Waals surface area (Å²) in [5.74, 6) is 2.23. The molecule has 0 bridgehead atoms. The molecule has 0 saturated heterocycles. The first kappa shape index (κ1) is 12.3. The molecule has 19 heavy (non-hydrogen) atoms. The van der Waals surface area contributed by atoms with Crippen molar-refractivity contribution in [2.45, 2.75) is 18.4 Å². The fourth-order valence-corrected chi connectivity index (χ4v) is 1.95. The van der Waals surface area contributed by atoms with E-state index >= 15 is 0 Å². The highest BCUT2D eigenvalue weighted by Crippen LogP contribution is 2.34. The van der Waals surface area contributed by atoms with Crippen molar-refractivity contribution >= 4 is 11.6 Å². The first-order valence-corrected chi connectivity index (χ1v) is 6.25. The molecule has 1 atom stereocenters. The molecular weight excluding hydrogens is 272 g/mol. The highest BCUT2D eigenvalue weighted by Gasteiger charge is 2.18. The molecule has 2 aromatic rings. The fourth-order valence-electron chi connectivity index (χ4n) is 1.84. The van der Waals surface area contributed by atoms with Crippen LogP contribution < -0.4 is 9.47 Å². The van der Waals surface area contributed by atoms with Crippen LogP contribution in [0.2, 0.25) is 0 Å². The Labute approximate surface area is 113 Å². The Bertz CT molecular complexity index is 587. The average Bonchev–Trinajstić information content (AvgIpc) is 3.05. The Hall–Kier alpha value is -1.79. The Kier molecular flexibility index (Phi) is 3.27. The van der Waals surface area contributed by atoms with E-state index in [-0.39, 0.29) is 19.1 Å². The number of aliphatic hydroxyl groups excluding tert-OH is 1. The topological polar surface area (TPSA) is 77.6 Å². The smallest absolute Gasteiger partial charge is 0.241 e. The first-order valence-electron chi connectivity index (χ1n) is 5.71. The summed E-state index contributed by atoms with van der Waals surface area (Å²) >= 11 is 5.57. The standard InChI is InChI=1S/C12H11ClN2O4/c13-5-12-14-11(15-19-12)4-8(16)7-1-2-9-10(3-7)18-6-17-9/h1-3,8,16H,4-6H2/t8-/m0/s1. The number of benzene rings is 1. The molecular formula is C12H11ClN2O4. The van der Waals surface area contributed by atoms with E-state index in [0.29, 0.717) is 28.8 Å². The van der Waals surface area contributed by atoms with Crippen molar-refractivity contribution in [3.8, 4) is 11.5 Å². The van der Waals surface area contributed by atoms with Gasteiger partial charge < -0.3 is 19.1 Å². The maximum Gasteiger partial charge on any atom is 0.241 e. The summed E-state index contributed by atoms with van der Waals surface area (Å²) in [7, 11) is 0. The van der Waals surface area contributed by atoms with Crippen molar-refractivity contribution in [2.75, 3.05) is 6.79 Å². The van der Waals surface area contributed by atoms with Crippen molar-refractivity contribution in [3.05, 3.63) is 35.5 Å². The Balaban J connectivity index is 1.74. The zero-order chi connectivity index (χ0) is 13.2. The number of alkyl halides is 1. The molecule has 1 aromatic heterocycles. The molecule has 1 aliphatic rings. The number of aliphatic hydroxyl groups is 1. The monoisotopic (exact) mass is 282 g/mol. The van der Waals surface area contributed by atoms with Crippen LogP contribution in [-0.4, -0.2) is 22.0 Å². The molecule has 3 rings (SSSR count). The van der Waals surface area contributed by atoms with Gasteiger partial charge in [0.1, 0.15) is 5.88 Å². The molecule has 0 saturated carbocycles. The normalized spacial score (nSPS) is 14.6. The van der Waals surface area contributed by atoms with E-state index in [0.717, 1.165) is 0 Å². The van der Waals surface area contributed by atoms with Crippen LogP contribution in [0, 0.1) is 0 Å². The number of fused-ring (bicyclic) bond motifs is 1. The molecule has 0 fully saturated rings. The van der Waals surface area contributed by atoms with Crippen LogP contribution in [0.5, 0.6) is 11.5 Å². The van der Waals surface area contributed by atoms with E-state index in [4.69, 9.17) is 25.6 Å². The third kappa shape index (κ3) is 2.50. The van der Waals surface area contributed by atoms with Crippen molar-refractivity contribution in [1.82, 2.24) is 10.1 Å². The number of hydrogen-bond acceptors (Lipinski definition) is 6. The van der Waals surface area contributed by atoms with E-state index in [2.05, 4.69) is 10.1 Å². The van der Waals surface area contributed by atoms with Gasteiger partial charge in [-0.1, -0.05) is 11.2 Å². The van der Waals surface area contributed by atoms with Crippen LogP contribution in [0.15, 0.2) is 22.7 Å². The fraction of sp³-hybridized carbons (Fsp3) is 0.333. The number of halogens is 1. The Morgan fingerprint density at radius 1 is 1.32 bits per heavy atom. The van der Waals surface area contributed by atoms with Crippen molar-refractivity contribution < 1.29 is 19.1 Å². The van der Waals surface area contributed by atoms with Crippen LogP contribution in [0.3, 0.4) is 0 Å². The lowest BCUT2D eigenvalue weighted by Gasteiger charge is -2.09. The van der Waals surface area contributed by atoms with E-state index in [9.17, 15) is 5.11 Å². The summed E-state index contributed by atoms with van der Waals surface area (Å²) in [5, 5.41) is 13.9. The van der Waals surface area contributed by atoms with Crippen LogP contribution >= 0.6 is 11.6 Å². The van der Waals surface area contributed by atoms with Gasteiger partial charge in [-0.2, -0.15) is 4.98 Å². The van der Waals surface area contributed by atoms with Crippen LogP contribution in [-0.2, 0) is 12.3 Å². The molecule has 0 aliphatic carbocycles. The van der Waals surface area contributed by atoms with Gasteiger partial charge in [-0.15, -0.1) is 11.6 Å². The van der Waals surface area contributed by atoms with Gasteiger partial charge in [0.15, 0.2) is 17.3 Å². The van der Waals surface area contributed by atoms with Gasteiger partial charge in [-0.3, -0.25) is 0 Å². The highest BCUT2D eigenvalue weighted by molar-refractivity contribution is 6.16. The van der Waals surface area contributed by atoms with E-state index in [1.54, 1.807) is 18.2 Å². The van der Waals surface area contributed by atoms with Crippen LogP contribution in [0.4, 0.5) is 0 Å². The van der Waals surface area contributed by atoms with Gasteiger partial charge in [-0.05, 0) is 17.7 Å². The highest BCUT2D eigenvalue weighted by atomic mass is 35.5. The maximum atomic E-state index is 10.1.